The number of hydrogen-bond acceptors (Lipinski definition) is 6. The summed E-state index contributed by atoms with van der Waals surface area (Å²) in [6.45, 7) is 1.54. The maximum Gasteiger partial charge on any atom is 0.332 e. The van der Waals surface area contributed by atoms with Crippen LogP contribution in [0, 0.1) is 0 Å². The van der Waals surface area contributed by atoms with Crippen molar-refractivity contribution >= 4 is 35.0 Å². The zero-order valence-corrected chi connectivity index (χ0v) is 15.6. The normalized spacial score (nSPS) is 16.6. The van der Waals surface area contributed by atoms with Crippen LogP contribution in [0.15, 0.2) is 35.4 Å². The first kappa shape index (κ1) is 21.8. The average molecular weight is 413 g/mol. The van der Waals surface area contributed by atoms with Crippen LogP contribution in [0.3, 0.4) is 0 Å². The second kappa shape index (κ2) is 8.41. The molecule has 2 aromatic rings. The Morgan fingerprint density at radius 3 is 2.36 bits per heavy atom. The van der Waals surface area contributed by atoms with Crippen molar-refractivity contribution in [1.29, 1.82) is 0 Å². The Balaban J connectivity index is 0.00000156. The van der Waals surface area contributed by atoms with Gasteiger partial charge in [0.15, 0.2) is 0 Å². The maximum absolute atomic E-state index is 12.9. The monoisotopic (exact) mass is 412 g/mol. The summed E-state index contributed by atoms with van der Waals surface area (Å²) in [5.41, 5.74) is 0.434. The molecule has 0 atom stereocenters. The fourth-order valence-electron chi connectivity index (χ4n) is 2.67. The van der Waals surface area contributed by atoms with Gasteiger partial charge in [-0.2, -0.15) is 8.42 Å². The molecule has 0 unspecified atom stereocenters. The molecular formula is C14H19Cl2FN4O3S. The number of aromatic nitrogens is 3. The fraction of sp³-hybridized carbons (Fsp3) is 0.429. The lowest BCUT2D eigenvalue weighted by Crippen LogP contribution is -2.43. The molecule has 0 bridgehead atoms. The molecule has 0 amide bonds. The lowest BCUT2D eigenvalue weighted by molar-refractivity contribution is 0.00999. The summed E-state index contributed by atoms with van der Waals surface area (Å²) in [7, 11) is -4.71. The smallest absolute Gasteiger partial charge is 0.332 e. The van der Waals surface area contributed by atoms with E-state index in [0.29, 0.717) is 30.6 Å². The van der Waals surface area contributed by atoms with Gasteiger partial charge in [0.25, 0.3) is 0 Å². The van der Waals surface area contributed by atoms with Crippen molar-refractivity contribution in [2.24, 2.45) is 0 Å². The van der Waals surface area contributed by atoms with Gasteiger partial charge in [-0.3, -0.25) is 0 Å². The first-order chi connectivity index (χ1) is 10.9. The molecule has 1 aliphatic rings. The summed E-state index contributed by atoms with van der Waals surface area (Å²) in [5.74, 6) is 0. The van der Waals surface area contributed by atoms with Crippen LogP contribution in [0.2, 0.25) is 0 Å². The van der Waals surface area contributed by atoms with E-state index in [2.05, 4.69) is 15.6 Å². The molecule has 1 aromatic carbocycles. The van der Waals surface area contributed by atoms with Crippen LogP contribution in [-0.2, 0) is 16.6 Å². The minimum Gasteiger partial charge on any atom is -0.389 e. The Bertz CT molecular complexity index is 793. The van der Waals surface area contributed by atoms with Crippen molar-refractivity contribution in [3.8, 4) is 5.69 Å². The van der Waals surface area contributed by atoms with Gasteiger partial charge in [0.2, 0.25) is 0 Å². The third-order valence-corrected chi connectivity index (χ3v) is 4.80. The second-order valence-corrected chi connectivity index (χ2v) is 7.08. The van der Waals surface area contributed by atoms with Crippen molar-refractivity contribution in [3.05, 3.63) is 36.2 Å². The SMILES string of the molecule is Cl.Cl.O=S(=O)(F)c1ccc(-n2cc(CC3(O)CCNCC3)nn2)cc1. The molecule has 140 valence electrons. The highest BCUT2D eigenvalue weighted by atomic mass is 35.5. The number of aliphatic hydroxyl groups is 1. The number of nitrogens with zero attached hydrogens (tertiary/aromatic N) is 3. The molecule has 2 heterocycles. The van der Waals surface area contributed by atoms with E-state index in [0.717, 1.165) is 13.1 Å². The predicted molar refractivity (Wildman–Crippen MR) is 94.9 cm³/mol. The van der Waals surface area contributed by atoms with Gasteiger partial charge in [0.05, 0.1) is 28.1 Å². The molecule has 1 saturated heterocycles. The third-order valence-electron chi connectivity index (χ3n) is 3.97. The van der Waals surface area contributed by atoms with Crippen LogP contribution in [-0.4, -0.2) is 47.2 Å². The van der Waals surface area contributed by atoms with E-state index in [1.165, 1.54) is 28.9 Å². The average Bonchev–Trinajstić information content (AvgIpc) is 2.95. The van der Waals surface area contributed by atoms with Crippen molar-refractivity contribution < 1.29 is 17.4 Å². The molecule has 0 spiro atoms. The van der Waals surface area contributed by atoms with E-state index in [4.69, 9.17) is 0 Å². The molecule has 2 N–H and O–H groups in total. The van der Waals surface area contributed by atoms with E-state index in [1.54, 1.807) is 6.20 Å². The second-order valence-electron chi connectivity index (χ2n) is 5.74. The summed E-state index contributed by atoms with van der Waals surface area (Å²) >= 11 is 0. The molecule has 1 fully saturated rings. The Labute approximate surface area is 157 Å². The Morgan fingerprint density at radius 1 is 1.20 bits per heavy atom. The van der Waals surface area contributed by atoms with Gasteiger partial charge >= 0.3 is 10.2 Å². The van der Waals surface area contributed by atoms with Crippen molar-refractivity contribution in [2.45, 2.75) is 29.8 Å². The van der Waals surface area contributed by atoms with E-state index < -0.39 is 20.7 Å². The minimum absolute atomic E-state index is 0. The summed E-state index contributed by atoms with van der Waals surface area (Å²) < 4.78 is 35.9. The lowest BCUT2D eigenvalue weighted by Gasteiger charge is -2.31. The summed E-state index contributed by atoms with van der Waals surface area (Å²) in [6.07, 6.45) is 3.40. The molecule has 0 radical (unpaired) electrons. The zero-order valence-electron chi connectivity index (χ0n) is 13.1. The Kier molecular flexibility index (Phi) is 7.33. The number of hydrogen-bond donors (Lipinski definition) is 2. The molecule has 11 heteroatoms. The third kappa shape index (κ3) is 5.35. The van der Waals surface area contributed by atoms with E-state index >= 15 is 0 Å². The van der Waals surface area contributed by atoms with Crippen LogP contribution in [0.25, 0.3) is 5.69 Å². The molecule has 1 aliphatic heterocycles. The molecule has 3 rings (SSSR count). The number of rotatable bonds is 4. The van der Waals surface area contributed by atoms with Gasteiger partial charge in [0.1, 0.15) is 0 Å². The topological polar surface area (TPSA) is 97.1 Å². The van der Waals surface area contributed by atoms with Crippen LogP contribution >= 0.6 is 24.8 Å². The minimum atomic E-state index is -4.71. The van der Waals surface area contributed by atoms with Gasteiger partial charge in [0, 0.05) is 6.42 Å². The Hall–Kier alpha value is -1.26. The van der Waals surface area contributed by atoms with E-state index in [-0.39, 0.29) is 24.8 Å². The summed E-state index contributed by atoms with van der Waals surface area (Å²) in [6, 6.07) is 5.24. The summed E-state index contributed by atoms with van der Waals surface area (Å²) in [5, 5.41) is 21.7. The molecule has 25 heavy (non-hydrogen) atoms. The van der Waals surface area contributed by atoms with Gasteiger partial charge in [-0.15, -0.1) is 33.8 Å². The molecule has 7 nitrogen and oxygen atoms in total. The highest BCUT2D eigenvalue weighted by molar-refractivity contribution is 7.86. The lowest BCUT2D eigenvalue weighted by atomic mass is 9.88. The fourth-order valence-corrected chi connectivity index (χ4v) is 3.13. The molecular weight excluding hydrogens is 394 g/mol. The molecule has 0 saturated carbocycles. The van der Waals surface area contributed by atoms with Crippen LogP contribution in [0.4, 0.5) is 3.89 Å². The largest absolute Gasteiger partial charge is 0.389 e. The highest BCUT2D eigenvalue weighted by Crippen LogP contribution is 2.23. The standard InChI is InChI=1S/C14H17FN4O3S.2ClH/c15-23(21,22)13-3-1-12(2-4-13)19-10-11(17-18-19)9-14(20)5-7-16-8-6-14;;/h1-4,10,16,20H,5-9H2;2*1H. The first-order valence-corrected chi connectivity index (χ1v) is 8.64. The van der Waals surface area contributed by atoms with Gasteiger partial charge in [-0.1, -0.05) is 5.21 Å². The maximum atomic E-state index is 12.9. The number of benzene rings is 1. The van der Waals surface area contributed by atoms with E-state index in [9.17, 15) is 17.4 Å². The van der Waals surface area contributed by atoms with Crippen LogP contribution in [0.5, 0.6) is 0 Å². The Morgan fingerprint density at radius 2 is 1.80 bits per heavy atom. The van der Waals surface area contributed by atoms with Crippen LogP contribution < -0.4 is 5.32 Å². The number of nitrogens with one attached hydrogen (secondary N) is 1. The summed E-state index contributed by atoms with van der Waals surface area (Å²) in [4.78, 5) is -0.398. The van der Waals surface area contributed by atoms with Gasteiger partial charge in [-0.05, 0) is 50.2 Å². The van der Waals surface area contributed by atoms with Gasteiger partial charge < -0.3 is 10.4 Å². The number of halogens is 3. The highest BCUT2D eigenvalue weighted by Gasteiger charge is 2.30. The van der Waals surface area contributed by atoms with Crippen molar-refractivity contribution in [3.63, 3.8) is 0 Å². The zero-order chi connectivity index (χ0) is 16.5. The molecule has 1 aromatic heterocycles. The quantitative estimate of drug-likeness (QED) is 0.737. The van der Waals surface area contributed by atoms with Crippen molar-refractivity contribution in [1.82, 2.24) is 20.3 Å². The van der Waals surface area contributed by atoms with E-state index in [1.807, 2.05) is 0 Å². The predicted octanol–water partition coefficient (Wildman–Crippen LogP) is 1.43. The van der Waals surface area contributed by atoms with Gasteiger partial charge in [-0.25, -0.2) is 4.68 Å². The number of piperidine rings is 1. The van der Waals surface area contributed by atoms with Crippen LogP contribution in [0.1, 0.15) is 18.5 Å². The van der Waals surface area contributed by atoms with Crippen molar-refractivity contribution in [2.75, 3.05) is 13.1 Å². The first-order valence-electron chi connectivity index (χ1n) is 7.25. The molecule has 0 aliphatic carbocycles.